The molecule has 142 valence electrons. The summed E-state index contributed by atoms with van der Waals surface area (Å²) in [6.07, 6.45) is 12.9. The zero-order valence-electron chi connectivity index (χ0n) is 15.9. The summed E-state index contributed by atoms with van der Waals surface area (Å²) in [7, 11) is 0. The maximum Gasteiger partial charge on any atom is 0.221 e. The Bertz CT molecular complexity index is 588. The third kappa shape index (κ3) is 6.08. The molecule has 0 unspecified atom stereocenters. The minimum Gasteiger partial charge on any atom is -0.385 e. The number of carbonyl (C=O) groups is 1. The van der Waals surface area contributed by atoms with E-state index in [4.69, 9.17) is 0 Å². The van der Waals surface area contributed by atoms with E-state index in [1.807, 2.05) is 0 Å². The highest BCUT2D eigenvalue weighted by atomic mass is 16.1. The Kier molecular flexibility index (Phi) is 7.41. The number of rotatable bonds is 8. The molecule has 4 heteroatoms. The second kappa shape index (κ2) is 10.2. The van der Waals surface area contributed by atoms with E-state index in [1.165, 1.54) is 69.3 Å². The van der Waals surface area contributed by atoms with Crippen LogP contribution in [0.25, 0.3) is 0 Å². The number of nitrogens with one attached hydrogen (secondary N) is 2. The number of anilines is 2. The molecule has 1 saturated heterocycles. The van der Waals surface area contributed by atoms with Gasteiger partial charge in [0.05, 0.1) is 0 Å². The minimum atomic E-state index is 0.138. The molecule has 2 aliphatic rings. The van der Waals surface area contributed by atoms with Gasteiger partial charge in [0.1, 0.15) is 0 Å². The zero-order chi connectivity index (χ0) is 18.0. The van der Waals surface area contributed by atoms with Gasteiger partial charge in [-0.3, -0.25) is 4.79 Å². The molecule has 0 radical (unpaired) electrons. The Morgan fingerprint density at radius 3 is 2.50 bits per heavy atom. The Balaban J connectivity index is 1.31. The van der Waals surface area contributed by atoms with Crippen molar-refractivity contribution in [2.75, 3.05) is 36.4 Å². The maximum atomic E-state index is 12.0. The van der Waals surface area contributed by atoms with Gasteiger partial charge in [-0.05, 0) is 75.6 Å². The first-order valence-corrected chi connectivity index (χ1v) is 10.3. The highest BCUT2D eigenvalue weighted by Crippen LogP contribution is 2.22. The van der Waals surface area contributed by atoms with Gasteiger partial charge >= 0.3 is 0 Å². The lowest BCUT2D eigenvalue weighted by Crippen LogP contribution is -2.29. The summed E-state index contributed by atoms with van der Waals surface area (Å²) in [6.45, 7) is 3.79. The highest BCUT2D eigenvalue weighted by Gasteiger charge is 2.10. The summed E-state index contributed by atoms with van der Waals surface area (Å²) in [4.78, 5) is 14.4. The van der Waals surface area contributed by atoms with Crippen LogP contribution in [0.5, 0.6) is 0 Å². The van der Waals surface area contributed by atoms with Gasteiger partial charge in [0.15, 0.2) is 0 Å². The second-order valence-corrected chi connectivity index (χ2v) is 7.48. The topological polar surface area (TPSA) is 44.4 Å². The van der Waals surface area contributed by atoms with Crippen molar-refractivity contribution in [3.63, 3.8) is 0 Å². The zero-order valence-corrected chi connectivity index (χ0v) is 15.9. The molecule has 1 aliphatic carbocycles. The van der Waals surface area contributed by atoms with Gasteiger partial charge in [-0.15, -0.1) is 0 Å². The smallest absolute Gasteiger partial charge is 0.221 e. The van der Waals surface area contributed by atoms with Crippen LogP contribution in [0.4, 0.5) is 11.4 Å². The van der Waals surface area contributed by atoms with Crippen LogP contribution in [-0.4, -0.2) is 32.1 Å². The lowest BCUT2D eigenvalue weighted by atomic mass is 9.97. The minimum absolute atomic E-state index is 0.138. The fourth-order valence-corrected chi connectivity index (χ4v) is 3.85. The monoisotopic (exact) mass is 355 g/mol. The van der Waals surface area contributed by atoms with Gasteiger partial charge in [-0.25, -0.2) is 0 Å². The van der Waals surface area contributed by atoms with Crippen molar-refractivity contribution in [2.24, 2.45) is 0 Å². The number of allylic oxidation sites excluding steroid dienone is 1. The molecule has 0 bridgehead atoms. The van der Waals surface area contributed by atoms with Crippen LogP contribution in [0.15, 0.2) is 35.9 Å². The molecule has 26 heavy (non-hydrogen) atoms. The Morgan fingerprint density at radius 1 is 0.962 bits per heavy atom. The molecule has 0 saturated carbocycles. The van der Waals surface area contributed by atoms with Crippen LogP contribution in [-0.2, 0) is 4.79 Å². The van der Waals surface area contributed by atoms with Crippen molar-refractivity contribution in [1.29, 1.82) is 0 Å². The van der Waals surface area contributed by atoms with Crippen molar-refractivity contribution in [3.8, 4) is 0 Å². The van der Waals surface area contributed by atoms with Gasteiger partial charge in [-0.2, -0.15) is 0 Å². The fraction of sp³-hybridized carbons (Fsp3) is 0.591. The predicted octanol–water partition coefficient (Wildman–Crippen LogP) is 4.49. The van der Waals surface area contributed by atoms with E-state index in [1.54, 1.807) is 0 Å². The van der Waals surface area contributed by atoms with E-state index in [-0.39, 0.29) is 5.91 Å². The first-order valence-electron chi connectivity index (χ1n) is 10.3. The summed E-state index contributed by atoms with van der Waals surface area (Å²) in [5.74, 6) is 0.138. The Hall–Kier alpha value is -1.97. The van der Waals surface area contributed by atoms with Crippen LogP contribution in [0, 0.1) is 0 Å². The van der Waals surface area contributed by atoms with Crippen LogP contribution >= 0.6 is 0 Å². The van der Waals surface area contributed by atoms with E-state index < -0.39 is 0 Å². The number of hydrogen-bond donors (Lipinski definition) is 2. The molecule has 0 spiro atoms. The normalized spacial score (nSPS) is 17.5. The standard InChI is InChI=1S/C22H33N3O/c26-22(24-15-13-19-7-3-1-4-8-19)14-16-23-20-9-11-21(12-10-20)25-17-5-2-6-18-25/h7,9-12,23H,1-6,8,13-18H2,(H,24,26). The largest absolute Gasteiger partial charge is 0.385 e. The summed E-state index contributed by atoms with van der Waals surface area (Å²) >= 11 is 0. The number of hydrogen-bond acceptors (Lipinski definition) is 3. The molecule has 2 N–H and O–H groups in total. The van der Waals surface area contributed by atoms with E-state index in [9.17, 15) is 4.79 Å². The Labute approximate surface area is 158 Å². The first kappa shape index (κ1) is 18.8. The van der Waals surface area contributed by atoms with Gasteiger partial charge in [0.25, 0.3) is 0 Å². The van der Waals surface area contributed by atoms with Gasteiger partial charge in [-0.1, -0.05) is 11.6 Å². The SMILES string of the molecule is O=C(CCNc1ccc(N2CCCCC2)cc1)NCCC1=CCCCC1. The summed E-state index contributed by atoms with van der Waals surface area (Å²) in [5, 5.41) is 6.40. The number of piperidine rings is 1. The van der Waals surface area contributed by atoms with Crippen molar-refractivity contribution in [1.82, 2.24) is 5.32 Å². The maximum absolute atomic E-state index is 12.0. The lowest BCUT2D eigenvalue weighted by Gasteiger charge is -2.28. The van der Waals surface area contributed by atoms with Crippen LogP contribution in [0.3, 0.4) is 0 Å². The van der Waals surface area contributed by atoms with Crippen molar-refractivity contribution in [3.05, 3.63) is 35.9 Å². The predicted molar refractivity (Wildman–Crippen MR) is 110 cm³/mol. The number of nitrogens with zero attached hydrogens (tertiary/aromatic N) is 1. The van der Waals surface area contributed by atoms with E-state index >= 15 is 0 Å². The molecular formula is C22H33N3O. The fourth-order valence-electron chi connectivity index (χ4n) is 3.85. The molecule has 1 fully saturated rings. The average Bonchev–Trinajstić information content (AvgIpc) is 2.70. The van der Waals surface area contributed by atoms with Gasteiger partial charge < -0.3 is 15.5 Å². The molecule has 3 rings (SSSR count). The highest BCUT2D eigenvalue weighted by molar-refractivity contribution is 5.76. The third-order valence-electron chi connectivity index (χ3n) is 5.42. The number of carbonyl (C=O) groups excluding carboxylic acids is 1. The molecule has 0 atom stereocenters. The van der Waals surface area contributed by atoms with Crippen LogP contribution < -0.4 is 15.5 Å². The van der Waals surface area contributed by atoms with Gasteiger partial charge in [0.2, 0.25) is 5.91 Å². The van der Waals surface area contributed by atoms with E-state index in [2.05, 4.69) is 45.9 Å². The molecule has 4 nitrogen and oxygen atoms in total. The molecule has 1 aromatic rings. The van der Waals surface area contributed by atoms with Crippen LogP contribution in [0.1, 0.15) is 57.8 Å². The molecule has 0 aromatic heterocycles. The third-order valence-corrected chi connectivity index (χ3v) is 5.42. The molecule has 1 aromatic carbocycles. The quantitative estimate of drug-likeness (QED) is 0.676. The van der Waals surface area contributed by atoms with Crippen molar-refractivity contribution >= 4 is 17.3 Å². The molecule has 1 aliphatic heterocycles. The molecule has 1 amide bonds. The average molecular weight is 356 g/mol. The summed E-state index contributed by atoms with van der Waals surface area (Å²) in [5.41, 5.74) is 3.92. The van der Waals surface area contributed by atoms with Crippen molar-refractivity contribution < 1.29 is 4.79 Å². The van der Waals surface area contributed by atoms with Crippen LogP contribution in [0.2, 0.25) is 0 Å². The summed E-state index contributed by atoms with van der Waals surface area (Å²) < 4.78 is 0. The Morgan fingerprint density at radius 2 is 1.77 bits per heavy atom. The van der Waals surface area contributed by atoms with Gasteiger partial charge in [0, 0.05) is 44.0 Å². The number of amides is 1. The van der Waals surface area contributed by atoms with E-state index in [0.29, 0.717) is 13.0 Å². The molecule has 1 heterocycles. The summed E-state index contributed by atoms with van der Waals surface area (Å²) in [6, 6.07) is 8.62. The number of benzene rings is 1. The first-order chi connectivity index (χ1) is 12.8. The second-order valence-electron chi connectivity index (χ2n) is 7.48. The van der Waals surface area contributed by atoms with Crippen molar-refractivity contribution in [2.45, 2.75) is 57.8 Å². The molecular weight excluding hydrogens is 322 g/mol. The lowest BCUT2D eigenvalue weighted by molar-refractivity contribution is -0.120. The van der Waals surface area contributed by atoms with E-state index in [0.717, 1.165) is 18.7 Å².